The summed E-state index contributed by atoms with van der Waals surface area (Å²) in [6.07, 6.45) is -0.771. The predicted molar refractivity (Wildman–Crippen MR) is 71.9 cm³/mol. The molecule has 3 N–H and O–H groups in total. The lowest BCUT2D eigenvalue weighted by Gasteiger charge is -2.34. The number of hydrogen-bond donors (Lipinski definition) is 2. The van der Waals surface area contributed by atoms with Gasteiger partial charge in [0.1, 0.15) is 11.4 Å². The minimum Gasteiger partial charge on any atom is -0.508 e. The maximum atomic E-state index is 12.1. The number of hydrazine groups is 1. The quantitative estimate of drug-likeness (QED) is 0.559. The third-order valence-corrected chi connectivity index (χ3v) is 2.70. The molecule has 20 heavy (non-hydrogen) atoms. The molecule has 1 heterocycles. The number of carbonyl (C=O) groups excluding carboxylic acids is 2. The summed E-state index contributed by atoms with van der Waals surface area (Å²) in [6.45, 7) is 5.13. The number of fused-ring (bicyclic) bond motifs is 1. The average Bonchev–Trinajstić information content (AvgIpc) is 2.31. The summed E-state index contributed by atoms with van der Waals surface area (Å²) < 4.78 is 5.16. The number of aromatic hydroxyl groups is 1. The number of ether oxygens (including phenoxy) is 1. The van der Waals surface area contributed by atoms with E-state index in [1.807, 2.05) is 0 Å². The van der Waals surface area contributed by atoms with Crippen molar-refractivity contribution >= 4 is 17.8 Å². The van der Waals surface area contributed by atoms with Crippen LogP contribution in [0.5, 0.6) is 5.75 Å². The van der Waals surface area contributed by atoms with Gasteiger partial charge in [0.2, 0.25) is 0 Å². The lowest BCUT2D eigenvalue weighted by atomic mass is 10.1. The molecule has 0 fully saturated rings. The third kappa shape index (κ3) is 2.67. The summed E-state index contributed by atoms with van der Waals surface area (Å²) in [7, 11) is 0. The van der Waals surface area contributed by atoms with Crippen LogP contribution in [0.4, 0.5) is 15.3 Å². The van der Waals surface area contributed by atoms with Crippen molar-refractivity contribution in [3.05, 3.63) is 23.8 Å². The molecule has 0 atom stereocenters. The Morgan fingerprint density at radius 1 is 1.40 bits per heavy atom. The van der Waals surface area contributed by atoms with Crippen molar-refractivity contribution in [3.8, 4) is 5.75 Å². The number of nitrogens with zero attached hydrogens (tertiary/aromatic N) is 2. The molecular weight excluding hydrogens is 262 g/mol. The highest BCUT2D eigenvalue weighted by atomic mass is 16.6. The third-order valence-electron chi connectivity index (χ3n) is 2.70. The molecule has 0 radical (unpaired) electrons. The minimum atomic E-state index is -0.771. The van der Waals surface area contributed by atoms with E-state index in [-0.39, 0.29) is 12.3 Å². The van der Waals surface area contributed by atoms with Crippen LogP contribution in [0.25, 0.3) is 0 Å². The van der Waals surface area contributed by atoms with Gasteiger partial charge in [-0.05, 0) is 39.0 Å². The highest BCUT2D eigenvalue weighted by Crippen LogP contribution is 2.30. The molecule has 0 unspecified atom stereocenters. The van der Waals surface area contributed by atoms with Crippen LogP contribution in [0, 0.1) is 0 Å². The number of urea groups is 1. The van der Waals surface area contributed by atoms with E-state index in [2.05, 4.69) is 0 Å². The minimum absolute atomic E-state index is 0.00514. The number of rotatable bonds is 0. The van der Waals surface area contributed by atoms with Gasteiger partial charge in [-0.25, -0.2) is 25.3 Å². The number of carbonyl (C=O) groups is 2. The Morgan fingerprint density at radius 3 is 2.65 bits per heavy atom. The van der Waals surface area contributed by atoms with E-state index in [1.165, 1.54) is 18.2 Å². The number of nitrogens with two attached hydrogens (primary N) is 1. The van der Waals surface area contributed by atoms with Crippen molar-refractivity contribution < 1.29 is 19.4 Å². The standard InChI is InChI=1S/C13H17N3O4/c1-13(2,3)20-12(19)15-7-8-6-9(17)4-5-10(8)16(14)11(15)18/h4-6,17H,7,14H2,1-3H3. The molecule has 0 aromatic heterocycles. The molecule has 0 spiro atoms. The highest BCUT2D eigenvalue weighted by molar-refractivity contribution is 6.02. The number of hydrogen-bond acceptors (Lipinski definition) is 5. The first-order valence-corrected chi connectivity index (χ1v) is 6.10. The second kappa shape index (κ2) is 4.68. The second-order valence-electron chi connectivity index (χ2n) is 5.53. The van der Waals surface area contributed by atoms with Gasteiger partial charge in [-0.3, -0.25) is 0 Å². The fourth-order valence-corrected chi connectivity index (χ4v) is 1.86. The lowest BCUT2D eigenvalue weighted by molar-refractivity contribution is 0.0309. The van der Waals surface area contributed by atoms with Crippen LogP contribution in [0.15, 0.2) is 18.2 Å². The van der Waals surface area contributed by atoms with E-state index < -0.39 is 17.7 Å². The van der Waals surface area contributed by atoms with Gasteiger partial charge in [-0.1, -0.05) is 0 Å². The zero-order chi connectivity index (χ0) is 15.1. The van der Waals surface area contributed by atoms with Gasteiger partial charge in [0.25, 0.3) is 0 Å². The molecule has 7 heteroatoms. The Labute approximate surface area is 116 Å². The Balaban J connectivity index is 2.30. The van der Waals surface area contributed by atoms with Crippen LogP contribution in [-0.4, -0.2) is 27.7 Å². The first-order chi connectivity index (χ1) is 9.19. The van der Waals surface area contributed by atoms with Crippen molar-refractivity contribution in [2.75, 3.05) is 5.01 Å². The number of phenolic OH excluding ortho intramolecular Hbond substituents is 1. The van der Waals surface area contributed by atoms with Gasteiger partial charge in [0.15, 0.2) is 0 Å². The van der Waals surface area contributed by atoms with E-state index in [4.69, 9.17) is 10.6 Å². The first-order valence-electron chi connectivity index (χ1n) is 6.10. The van der Waals surface area contributed by atoms with Crippen molar-refractivity contribution in [2.24, 2.45) is 5.84 Å². The molecule has 1 aliphatic heterocycles. The zero-order valence-electron chi connectivity index (χ0n) is 11.6. The Kier molecular flexibility index (Phi) is 3.31. The summed E-state index contributed by atoms with van der Waals surface area (Å²) in [5.74, 6) is 5.72. The summed E-state index contributed by atoms with van der Waals surface area (Å²) in [5.41, 5.74) is 0.307. The smallest absolute Gasteiger partial charge is 0.418 e. The molecule has 108 valence electrons. The van der Waals surface area contributed by atoms with Gasteiger partial charge < -0.3 is 9.84 Å². The van der Waals surface area contributed by atoms with Crippen LogP contribution in [0.1, 0.15) is 26.3 Å². The van der Waals surface area contributed by atoms with Gasteiger partial charge in [-0.2, -0.15) is 0 Å². The van der Waals surface area contributed by atoms with Crippen LogP contribution in [0.3, 0.4) is 0 Å². The Hall–Kier alpha value is -2.28. The van der Waals surface area contributed by atoms with Gasteiger partial charge in [0, 0.05) is 5.56 Å². The maximum absolute atomic E-state index is 12.1. The molecule has 1 aromatic rings. The fourth-order valence-electron chi connectivity index (χ4n) is 1.86. The molecular formula is C13H17N3O4. The van der Waals surface area contributed by atoms with Crippen LogP contribution in [0.2, 0.25) is 0 Å². The van der Waals surface area contributed by atoms with E-state index in [0.717, 1.165) is 9.91 Å². The van der Waals surface area contributed by atoms with Gasteiger partial charge >= 0.3 is 12.1 Å². The molecule has 1 aliphatic rings. The number of benzene rings is 1. The van der Waals surface area contributed by atoms with Crippen LogP contribution < -0.4 is 10.9 Å². The van der Waals surface area contributed by atoms with Crippen molar-refractivity contribution in [1.82, 2.24) is 4.90 Å². The van der Waals surface area contributed by atoms with Crippen molar-refractivity contribution in [3.63, 3.8) is 0 Å². The Morgan fingerprint density at radius 2 is 2.05 bits per heavy atom. The van der Waals surface area contributed by atoms with Gasteiger partial charge in [0.05, 0.1) is 12.2 Å². The van der Waals surface area contributed by atoms with Crippen LogP contribution in [-0.2, 0) is 11.3 Å². The molecule has 0 bridgehead atoms. The molecule has 0 saturated heterocycles. The fraction of sp³-hybridized carbons (Fsp3) is 0.385. The summed E-state index contributed by atoms with van der Waals surface area (Å²) in [6, 6.07) is 3.74. The first kappa shape index (κ1) is 14.1. The maximum Gasteiger partial charge on any atom is 0.418 e. The number of imide groups is 1. The molecule has 3 amide bonds. The lowest BCUT2D eigenvalue weighted by Crippen LogP contribution is -2.53. The Bertz CT molecular complexity index is 565. The number of anilines is 1. The molecule has 0 aliphatic carbocycles. The van der Waals surface area contributed by atoms with E-state index in [0.29, 0.717) is 11.3 Å². The summed E-state index contributed by atoms with van der Waals surface area (Å²) in [5, 5.41) is 10.3. The molecule has 0 saturated carbocycles. The number of amides is 3. The largest absolute Gasteiger partial charge is 0.508 e. The highest BCUT2D eigenvalue weighted by Gasteiger charge is 2.35. The predicted octanol–water partition coefficient (Wildman–Crippen LogP) is 1.94. The molecule has 7 nitrogen and oxygen atoms in total. The normalized spacial score (nSPS) is 15.1. The van der Waals surface area contributed by atoms with E-state index >= 15 is 0 Å². The number of phenols is 1. The summed E-state index contributed by atoms with van der Waals surface area (Å²) in [4.78, 5) is 25.0. The monoisotopic (exact) mass is 279 g/mol. The second-order valence-corrected chi connectivity index (χ2v) is 5.53. The zero-order valence-corrected chi connectivity index (χ0v) is 11.6. The topological polar surface area (TPSA) is 96.1 Å². The average molecular weight is 279 g/mol. The van der Waals surface area contributed by atoms with Crippen LogP contribution >= 0.6 is 0 Å². The molecule has 1 aromatic carbocycles. The van der Waals surface area contributed by atoms with Crippen molar-refractivity contribution in [2.45, 2.75) is 32.9 Å². The SMILES string of the molecule is CC(C)(C)OC(=O)N1Cc2cc(O)ccc2N(N)C1=O. The van der Waals surface area contributed by atoms with Crippen molar-refractivity contribution in [1.29, 1.82) is 0 Å². The van der Waals surface area contributed by atoms with E-state index in [1.54, 1.807) is 20.8 Å². The molecule has 2 rings (SSSR count). The van der Waals surface area contributed by atoms with E-state index in [9.17, 15) is 14.7 Å². The summed E-state index contributed by atoms with van der Waals surface area (Å²) >= 11 is 0. The van der Waals surface area contributed by atoms with Gasteiger partial charge in [-0.15, -0.1) is 0 Å².